The van der Waals surface area contributed by atoms with Crippen molar-refractivity contribution >= 4 is 22.0 Å². The molecule has 5 nitrogen and oxygen atoms in total. The third-order valence-corrected chi connectivity index (χ3v) is 6.49. The molecule has 0 bridgehead atoms. The van der Waals surface area contributed by atoms with Crippen LogP contribution in [0.4, 0.5) is 0 Å². The van der Waals surface area contributed by atoms with Crippen molar-refractivity contribution in [2.75, 3.05) is 32.4 Å². The van der Waals surface area contributed by atoms with E-state index in [1.165, 1.54) is 0 Å². The highest BCUT2D eigenvalue weighted by Gasteiger charge is 2.28. The predicted octanol–water partition coefficient (Wildman–Crippen LogP) is 1.67. The lowest BCUT2D eigenvalue weighted by atomic mass is 9.99. The highest BCUT2D eigenvalue weighted by atomic mass is 32.2. The van der Waals surface area contributed by atoms with Gasteiger partial charge in [-0.1, -0.05) is 20.8 Å². The van der Waals surface area contributed by atoms with Crippen LogP contribution in [0.5, 0.6) is 0 Å². The van der Waals surface area contributed by atoms with E-state index in [9.17, 15) is 8.42 Å². The lowest BCUT2D eigenvalue weighted by Crippen LogP contribution is -2.48. The average molecular weight is 338 g/mol. The third kappa shape index (κ3) is 7.32. The highest BCUT2D eigenvalue weighted by molar-refractivity contribution is 7.99. The molecule has 0 amide bonds. The van der Waals surface area contributed by atoms with Gasteiger partial charge in [-0.15, -0.1) is 0 Å². The first-order valence-electron chi connectivity index (χ1n) is 7.86. The normalized spacial score (nSPS) is 22.6. The maximum atomic E-state index is 12.3. The lowest BCUT2D eigenvalue weighted by Gasteiger charge is -2.32. The van der Waals surface area contributed by atoms with Crippen LogP contribution in [0.1, 0.15) is 40.0 Å². The van der Waals surface area contributed by atoms with E-state index in [1.54, 1.807) is 16.1 Å². The molecule has 0 aliphatic carbocycles. The van der Waals surface area contributed by atoms with Crippen LogP contribution in [0.2, 0.25) is 0 Å². The number of hydrogen-bond donors (Lipinski definition) is 2. The van der Waals surface area contributed by atoms with Crippen LogP contribution in [0.3, 0.4) is 0 Å². The molecule has 1 rings (SSSR count). The van der Waals surface area contributed by atoms with Gasteiger partial charge in [0.25, 0.3) is 10.2 Å². The van der Waals surface area contributed by atoms with Crippen molar-refractivity contribution in [2.45, 2.75) is 51.3 Å². The van der Waals surface area contributed by atoms with Gasteiger partial charge in [-0.2, -0.15) is 24.5 Å². The summed E-state index contributed by atoms with van der Waals surface area (Å²) in [6, 6.07) is 0.447. The van der Waals surface area contributed by atoms with Gasteiger partial charge in [0, 0.05) is 30.9 Å². The number of piperidine rings is 1. The van der Waals surface area contributed by atoms with E-state index in [1.807, 2.05) is 0 Å². The summed E-state index contributed by atoms with van der Waals surface area (Å²) in [5.41, 5.74) is 0. The molecule has 2 atom stereocenters. The Morgan fingerprint density at radius 3 is 2.67 bits per heavy atom. The Kier molecular flexibility index (Phi) is 8.56. The molecule has 126 valence electrons. The molecule has 1 aliphatic heterocycles. The van der Waals surface area contributed by atoms with Gasteiger partial charge in [-0.3, -0.25) is 0 Å². The SMILES string of the molecule is CSC(C)CCNS(=O)(=O)N1CCCC(CNC(C)C)C1. The molecule has 1 saturated heterocycles. The minimum Gasteiger partial charge on any atom is -0.314 e. The highest BCUT2D eigenvalue weighted by Crippen LogP contribution is 2.18. The molecule has 1 aliphatic rings. The van der Waals surface area contributed by atoms with Crippen LogP contribution in [0, 0.1) is 5.92 Å². The van der Waals surface area contributed by atoms with Crippen molar-refractivity contribution in [1.29, 1.82) is 0 Å². The summed E-state index contributed by atoms with van der Waals surface area (Å²) in [6.45, 7) is 9.05. The first kappa shape index (κ1) is 19.2. The molecule has 0 spiro atoms. The quantitative estimate of drug-likeness (QED) is 0.672. The molecular weight excluding hydrogens is 306 g/mol. The molecule has 2 N–H and O–H groups in total. The fourth-order valence-electron chi connectivity index (χ4n) is 2.41. The zero-order valence-corrected chi connectivity index (χ0v) is 15.4. The zero-order valence-electron chi connectivity index (χ0n) is 13.8. The van der Waals surface area contributed by atoms with E-state index in [0.29, 0.717) is 36.8 Å². The van der Waals surface area contributed by atoms with E-state index in [-0.39, 0.29) is 0 Å². The third-order valence-electron chi connectivity index (χ3n) is 3.87. The van der Waals surface area contributed by atoms with Crippen LogP contribution < -0.4 is 10.0 Å². The summed E-state index contributed by atoms with van der Waals surface area (Å²) in [5.74, 6) is 0.419. The fraction of sp³-hybridized carbons (Fsp3) is 1.00. The summed E-state index contributed by atoms with van der Waals surface area (Å²) >= 11 is 1.76. The van der Waals surface area contributed by atoms with E-state index in [2.05, 4.69) is 37.1 Å². The molecular formula is C14H31N3O2S2. The predicted molar refractivity (Wildman–Crippen MR) is 92.0 cm³/mol. The second-order valence-electron chi connectivity index (χ2n) is 6.16. The maximum absolute atomic E-state index is 12.3. The molecule has 0 saturated carbocycles. The molecule has 0 radical (unpaired) electrons. The van der Waals surface area contributed by atoms with Gasteiger partial charge >= 0.3 is 0 Å². The molecule has 1 heterocycles. The number of rotatable bonds is 9. The van der Waals surface area contributed by atoms with Crippen LogP contribution in [0.25, 0.3) is 0 Å². The van der Waals surface area contributed by atoms with E-state index >= 15 is 0 Å². The number of thioether (sulfide) groups is 1. The van der Waals surface area contributed by atoms with Crippen LogP contribution in [-0.2, 0) is 10.2 Å². The molecule has 21 heavy (non-hydrogen) atoms. The molecule has 0 aromatic carbocycles. The largest absolute Gasteiger partial charge is 0.314 e. The summed E-state index contributed by atoms with van der Waals surface area (Å²) in [4.78, 5) is 0. The van der Waals surface area contributed by atoms with Gasteiger partial charge in [0.1, 0.15) is 0 Å². The number of hydrogen-bond acceptors (Lipinski definition) is 4. The Bertz CT molecular complexity index is 388. The first-order valence-corrected chi connectivity index (χ1v) is 10.6. The van der Waals surface area contributed by atoms with E-state index in [0.717, 1.165) is 25.8 Å². The van der Waals surface area contributed by atoms with Gasteiger partial charge < -0.3 is 5.32 Å². The van der Waals surface area contributed by atoms with Gasteiger partial charge in [0.15, 0.2) is 0 Å². The van der Waals surface area contributed by atoms with Crippen molar-refractivity contribution in [1.82, 2.24) is 14.3 Å². The van der Waals surface area contributed by atoms with Crippen molar-refractivity contribution in [3.05, 3.63) is 0 Å². The Morgan fingerprint density at radius 1 is 1.33 bits per heavy atom. The van der Waals surface area contributed by atoms with Crippen molar-refractivity contribution < 1.29 is 8.42 Å². The van der Waals surface area contributed by atoms with Crippen molar-refractivity contribution in [3.63, 3.8) is 0 Å². The zero-order chi connectivity index (χ0) is 15.9. The Labute approximate surface area is 134 Å². The monoisotopic (exact) mass is 337 g/mol. The minimum atomic E-state index is -3.31. The fourth-order valence-corrected chi connectivity index (χ4v) is 4.10. The van der Waals surface area contributed by atoms with Gasteiger partial charge in [-0.05, 0) is 38.0 Å². The van der Waals surface area contributed by atoms with Crippen LogP contribution in [-0.4, -0.2) is 56.4 Å². The topological polar surface area (TPSA) is 61.4 Å². The van der Waals surface area contributed by atoms with Gasteiger partial charge in [0.2, 0.25) is 0 Å². The summed E-state index contributed by atoms with van der Waals surface area (Å²) in [6.07, 6.45) is 4.98. The Morgan fingerprint density at radius 2 is 2.05 bits per heavy atom. The van der Waals surface area contributed by atoms with Crippen LogP contribution >= 0.6 is 11.8 Å². The standard InChI is InChI=1S/C14H31N3O2S2/c1-12(2)15-10-14-6-5-9-17(11-14)21(18,19)16-8-7-13(3)20-4/h12-16H,5-11H2,1-4H3. The Balaban J connectivity index is 2.42. The molecule has 0 aromatic rings. The molecule has 1 fully saturated rings. The van der Waals surface area contributed by atoms with E-state index < -0.39 is 10.2 Å². The summed E-state index contributed by atoms with van der Waals surface area (Å²) < 4.78 is 29.0. The van der Waals surface area contributed by atoms with Crippen molar-refractivity contribution in [3.8, 4) is 0 Å². The summed E-state index contributed by atoms with van der Waals surface area (Å²) in [7, 11) is -3.31. The maximum Gasteiger partial charge on any atom is 0.279 e. The van der Waals surface area contributed by atoms with Crippen LogP contribution in [0.15, 0.2) is 0 Å². The average Bonchev–Trinajstić information content (AvgIpc) is 2.45. The van der Waals surface area contributed by atoms with Gasteiger partial charge in [-0.25, -0.2) is 4.72 Å². The van der Waals surface area contributed by atoms with Crippen molar-refractivity contribution in [2.24, 2.45) is 5.92 Å². The molecule has 0 aromatic heterocycles. The van der Waals surface area contributed by atoms with Gasteiger partial charge in [0.05, 0.1) is 0 Å². The Hall–Kier alpha value is 0.180. The lowest BCUT2D eigenvalue weighted by molar-refractivity contribution is 0.254. The summed E-state index contributed by atoms with van der Waals surface area (Å²) in [5, 5.41) is 3.89. The number of nitrogens with one attached hydrogen (secondary N) is 2. The second-order valence-corrected chi connectivity index (χ2v) is 9.19. The number of nitrogens with zero attached hydrogens (tertiary/aromatic N) is 1. The second kappa shape index (κ2) is 9.35. The minimum absolute atomic E-state index is 0.419. The smallest absolute Gasteiger partial charge is 0.279 e. The van der Waals surface area contributed by atoms with E-state index in [4.69, 9.17) is 0 Å². The molecule has 2 unspecified atom stereocenters. The molecule has 7 heteroatoms. The first-order chi connectivity index (χ1) is 9.85.